The minimum atomic E-state index is -0.459. The molecule has 0 fully saturated rings. The van der Waals surface area contributed by atoms with E-state index in [2.05, 4.69) is 9.97 Å². The number of aromatic nitrogens is 2. The van der Waals surface area contributed by atoms with Gasteiger partial charge in [0.05, 0.1) is 36.2 Å². The SMILES string of the molecule is COC(=O)c1ccc2c(C(=Nc3cc4c([nH]3)CCN4C(=O)CN(C)C)c3ccccc3)c(O)[nH]c2c1. The Morgan fingerprint density at radius 3 is 2.58 bits per heavy atom. The van der Waals surface area contributed by atoms with Crippen molar-refractivity contribution in [3.63, 3.8) is 0 Å². The molecular weight excluding hydrogens is 458 g/mol. The summed E-state index contributed by atoms with van der Waals surface area (Å²) < 4.78 is 4.82. The molecule has 0 atom stereocenters. The van der Waals surface area contributed by atoms with E-state index in [9.17, 15) is 14.7 Å². The van der Waals surface area contributed by atoms with Gasteiger partial charge in [0.15, 0.2) is 5.88 Å². The first-order valence-electron chi connectivity index (χ1n) is 11.6. The number of esters is 1. The van der Waals surface area contributed by atoms with Crippen LogP contribution in [0.25, 0.3) is 10.9 Å². The lowest BCUT2D eigenvalue weighted by atomic mass is 10.0. The Bertz CT molecular complexity index is 1480. The van der Waals surface area contributed by atoms with E-state index in [1.54, 1.807) is 23.1 Å². The Hall–Kier alpha value is -4.37. The quantitative estimate of drug-likeness (QED) is 0.285. The van der Waals surface area contributed by atoms with Crippen molar-refractivity contribution in [1.29, 1.82) is 0 Å². The first-order chi connectivity index (χ1) is 17.4. The van der Waals surface area contributed by atoms with E-state index in [1.807, 2.05) is 55.4 Å². The van der Waals surface area contributed by atoms with Gasteiger partial charge in [-0.1, -0.05) is 36.4 Å². The van der Waals surface area contributed by atoms with Crippen molar-refractivity contribution in [2.24, 2.45) is 4.99 Å². The van der Waals surface area contributed by atoms with E-state index < -0.39 is 5.97 Å². The molecule has 1 amide bonds. The van der Waals surface area contributed by atoms with E-state index in [1.165, 1.54) is 7.11 Å². The van der Waals surface area contributed by atoms with E-state index in [0.29, 0.717) is 46.6 Å². The third-order valence-corrected chi connectivity index (χ3v) is 6.21. The number of carbonyl (C=O) groups excluding carboxylic acids is 2. The lowest BCUT2D eigenvalue weighted by Gasteiger charge is -2.18. The van der Waals surface area contributed by atoms with Crippen LogP contribution in [0.15, 0.2) is 59.6 Å². The van der Waals surface area contributed by atoms with Crippen LogP contribution in [-0.4, -0.2) is 71.9 Å². The average molecular weight is 486 g/mol. The molecule has 0 saturated carbocycles. The van der Waals surface area contributed by atoms with Crippen molar-refractivity contribution < 1.29 is 19.4 Å². The molecular formula is C27H27N5O4. The van der Waals surface area contributed by atoms with Gasteiger partial charge < -0.3 is 29.6 Å². The van der Waals surface area contributed by atoms with Gasteiger partial charge in [-0.2, -0.15) is 0 Å². The molecule has 4 aromatic rings. The molecule has 184 valence electrons. The van der Waals surface area contributed by atoms with Gasteiger partial charge in [0.1, 0.15) is 5.82 Å². The second-order valence-electron chi connectivity index (χ2n) is 8.98. The highest BCUT2D eigenvalue weighted by Gasteiger charge is 2.28. The highest BCUT2D eigenvalue weighted by Crippen LogP contribution is 2.35. The predicted octanol–water partition coefficient (Wildman–Crippen LogP) is 3.61. The number of nitrogens with one attached hydrogen (secondary N) is 2. The van der Waals surface area contributed by atoms with Crippen molar-refractivity contribution in [2.45, 2.75) is 6.42 Å². The third-order valence-electron chi connectivity index (χ3n) is 6.21. The summed E-state index contributed by atoms with van der Waals surface area (Å²) in [4.78, 5) is 39.6. The maximum absolute atomic E-state index is 12.7. The number of anilines is 1. The number of ether oxygens (including phenoxy) is 1. The number of fused-ring (bicyclic) bond motifs is 2. The second kappa shape index (κ2) is 9.35. The van der Waals surface area contributed by atoms with E-state index >= 15 is 0 Å². The number of likely N-dealkylation sites (N-methyl/N-ethyl adjacent to an activating group) is 1. The monoisotopic (exact) mass is 485 g/mol. The van der Waals surface area contributed by atoms with Gasteiger partial charge in [0.2, 0.25) is 5.91 Å². The summed E-state index contributed by atoms with van der Waals surface area (Å²) in [6.07, 6.45) is 0.722. The molecule has 3 N–H and O–H groups in total. The zero-order chi connectivity index (χ0) is 25.4. The lowest BCUT2D eigenvalue weighted by molar-refractivity contribution is -0.119. The fourth-order valence-electron chi connectivity index (χ4n) is 4.57. The molecule has 5 rings (SSSR count). The van der Waals surface area contributed by atoms with Crippen LogP contribution >= 0.6 is 0 Å². The Labute approximate surface area is 208 Å². The van der Waals surface area contributed by atoms with E-state index in [-0.39, 0.29) is 11.8 Å². The Morgan fingerprint density at radius 1 is 1.08 bits per heavy atom. The summed E-state index contributed by atoms with van der Waals surface area (Å²) >= 11 is 0. The van der Waals surface area contributed by atoms with Gasteiger partial charge in [-0.15, -0.1) is 0 Å². The molecule has 1 aliphatic heterocycles. The Morgan fingerprint density at radius 2 is 1.86 bits per heavy atom. The number of aromatic amines is 2. The standard InChI is InChI=1S/C27H27N5O4/c1-31(2)15-23(33)32-12-11-19-21(32)14-22(28-19)30-25(16-7-5-4-6-8-16)24-18-10-9-17(27(35)36-3)13-20(18)29-26(24)34/h4-10,13-14,28-29,34H,11-12,15H2,1-3H3. The van der Waals surface area contributed by atoms with E-state index in [0.717, 1.165) is 23.4 Å². The summed E-state index contributed by atoms with van der Waals surface area (Å²) in [7, 11) is 5.07. The number of methoxy groups -OCH3 is 1. The summed E-state index contributed by atoms with van der Waals surface area (Å²) in [6, 6.07) is 16.5. The summed E-state index contributed by atoms with van der Waals surface area (Å²) in [5.74, 6) is 0.101. The smallest absolute Gasteiger partial charge is 0.337 e. The van der Waals surface area contributed by atoms with Crippen molar-refractivity contribution in [2.75, 3.05) is 39.2 Å². The van der Waals surface area contributed by atoms with Crippen molar-refractivity contribution >= 4 is 40.0 Å². The number of hydrogen-bond acceptors (Lipinski definition) is 6. The van der Waals surface area contributed by atoms with Gasteiger partial charge in [-0.05, 0) is 26.2 Å². The number of benzene rings is 2. The van der Waals surface area contributed by atoms with Crippen molar-refractivity contribution in [3.05, 3.63) is 77.0 Å². The first-order valence-corrected chi connectivity index (χ1v) is 11.6. The third kappa shape index (κ3) is 4.25. The number of aliphatic imine (C=N–C) groups is 1. The van der Waals surface area contributed by atoms with Crippen LogP contribution in [0.5, 0.6) is 5.88 Å². The zero-order valence-electron chi connectivity index (χ0n) is 20.3. The molecule has 1 aliphatic rings. The van der Waals surface area contributed by atoms with Crippen molar-refractivity contribution in [3.8, 4) is 5.88 Å². The van der Waals surface area contributed by atoms with Crippen LogP contribution in [0.1, 0.15) is 27.2 Å². The topological polar surface area (TPSA) is 114 Å². The average Bonchev–Trinajstić information content (AvgIpc) is 3.53. The largest absolute Gasteiger partial charge is 0.494 e. The predicted molar refractivity (Wildman–Crippen MR) is 138 cm³/mol. The molecule has 9 heteroatoms. The van der Waals surface area contributed by atoms with Gasteiger partial charge in [0, 0.05) is 41.2 Å². The van der Waals surface area contributed by atoms with Gasteiger partial charge in [0.25, 0.3) is 0 Å². The highest BCUT2D eigenvalue weighted by atomic mass is 16.5. The van der Waals surface area contributed by atoms with Crippen LogP contribution in [-0.2, 0) is 16.0 Å². The number of nitrogens with zero attached hydrogens (tertiary/aromatic N) is 3. The number of carbonyl (C=O) groups is 2. The Balaban J connectivity index is 1.61. The fraction of sp³-hybridized carbons (Fsp3) is 0.222. The van der Waals surface area contributed by atoms with Crippen LogP contribution in [0.3, 0.4) is 0 Å². The van der Waals surface area contributed by atoms with Crippen LogP contribution in [0.2, 0.25) is 0 Å². The number of aromatic hydroxyl groups is 1. The summed E-state index contributed by atoms with van der Waals surface area (Å²) in [5.41, 5.74) is 4.63. The van der Waals surface area contributed by atoms with Crippen LogP contribution in [0.4, 0.5) is 11.5 Å². The summed E-state index contributed by atoms with van der Waals surface area (Å²) in [5, 5.41) is 11.6. The normalized spacial score (nSPS) is 13.4. The maximum atomic E-state index is 12.7. The minimum absolute atomic E-state index is 0.0345. The fourth-order valence-corrected chi connectivity index (χ4v) is 4.57. The van der Waals surface area contributed by atoms with Gasteiger partial charge >= 0.3 is 5.97 Å². The number of hydrogen-bond donors (Lipinski definition) is 3. The molecule has 9 nitrogen and oxygen atoms in total. The number of rotatable bonds is 6. The zero-order valence-corrected chi connectivity index (χ0v) is 20.3. The number of amides is 1. The molecule has 0 bridgehead atoms. The lowest BCUT2D eigenvalue weighted by Crippen LogP contribution is -2.36. The molecule has 0 unspecified atom stereocenters. The molecule has 0 spiro atoms. The molecule has 36 heavy (non-hydrogen) atoms. The number of H-pyrrole nitrogens is 2. The van der Waals surface area contributed by atoms with E-state index in [4.69, 9.17) is 9.73 Å². The molecule has 2 aromatic carbocycles. The van der Waals surface area contributed by atoms with Gasteiger partial charge in [-0.3, -0.25) is 4.79 Å². The minimum Gasteiger partial charge on any atom is -0.494 e. The molecule has 0 radical (unpaired) electrons. The molecule has 2 aromatic heterocycles. The summed E-state index contributed by atoms with van der Waals surface area (Å²) in [6.45, 7) is 0.963. The van der Waals surface area contributed by atoms with Crippen LogP contribution in [0, 0.1) is 0 Å². The molecule has 0 saturated heterocycles. The Kier molecular flexibility index (Phi) is 6.07. The second-order valence-corrected chi connectivity index (χ2v) is 8.98. The van der Waals surface area contributed by atoms with Crippen LogP contribution < -0.4 is 4.90 Å². The first kappa shape index (κ1) is 23.4. The molecule has 0 aliphatic carbocycles. The maximum Gasteiger partial charge on any atom is 0.337 e. The molecule has 3 heterocycles. The highest BCUT2D eigenvalue weighted by molar-refractivity contribution is 6.22. The van der Waals surface area contributed by atoms with Gasteiger partial charge in [-0.25, -0.2) is 9.79 Å². The van der Waals surface area contributed by atoms with Crippen molar-refractivity contribution in [1.82, 2.24) is 14.9 Å².